The minimum absolute atomic E-state index is 0.177. The number of aromatic nitrogens is 2. The van der Waals surface area contributed by atoms with Gasteiger partial charge in [0, 0.05) is 33.8 Å². The molecule has 1 unspecified atom stereocenters. The quantitative estimate of drug-likeness (QED) is 0.408. The van der Waals surface area contributed by atoms with Crippen molar-refractivity contribution in [1.29, 1.82) is 0 Å². The molecule has 0 aliphatic heterocycles. The van der Waals surface area contributed by atoms with E-state index in [9.17, 15) is 14.4 Å². The van der Waals surface area contributed by atoms with Crippen LogP contribution in [0.1, 0.15) is 24.8 Å². The smallest absolute Gasteiger partial charge is 0.263 e. The number of anilines is 2. The van der Waals surface area contributed by atoms with Crippen molar-refractivity contribution in [3.05, 3.63) is 75.1 Å². The second kappa shape index (κ2) is 9.17. The van der Waals surface area contributed by atoms with E-state index in [0.29, 0.717) is 26.6 Å². The zero-order chi connectivity index (χ0) is 23.7. The highest BCUT2D eigenvalue weighted by molar-refractivity contribution is 7.19. The number of hydrogen-bond acceptors (Lipinski definition) is 5. The number of hydrogen-bond donors (Lipinski definition) is 2. The number of aryl methyl sites for hydroxylation is 1. The van der Waals surface area contributed by atoms with Crippen molar-refractivity contribution in [2.45, 2.75) is 26.8 Å². The number of carbonyl (C=O) groups excluding carboxylic acids is 2. The average Bonchev–Trinajstić information content (AvgIpc) is 3.12. The van der Waals surface area contributed by atoms with Crippen LogP contribution >= 0.6 is 22.9 Å². The lowest BCUT2D eigenvalue weighted by Gasteiger charge is -2.15. The second-order valence-electron chi connectivity index (χ2n) is 7.60. The van der Waals surface area contributed by atoms with Crippen molar-refractivity contribution >= 4 is 56.3 Å². The number of nitrogens with zero attached hydrogens (tertiary/aromatic N) is 2. The number of rotatable bonds is 5. The van der Waals surface area contributed by atoms with Gasteiger partial charge in [-0.25, -0.2) is 4.98 Å². The summed E-state index contributed by atoms with van der Waals surface area (Å²) in [7, 11) is 0. The monoisotopic (exact) mass is 480 g/mol. The van der Waals surface area contributed by atoms with Gasteiger partial charge in [-0.1, -0.05) is 23.7 Å². The minimum Gasteiger partial charge on any atom is -0.326 e. The molecule has 2 aromatic carbocycles. The third-order valence-corrected chi connectivity index (χ3v) is 6.48. The molecule has 0 aliphatic carbocycles. The topological polar surface area (TPSA) is 93.1 Å². The first-order chi connectivity index (χ1) is 15.7. The maximum atomic E-state index is 13.4. The molecule has 0 radical (unpaired) electrons. The molecule has 4 aromatic rings. The molecule has 2 aromatic heterocycles. The Bertz CT molecular complexity index is 1410. The third kappa shape index (κ3) is 4.67. The van der Waals surface area contributed by atoms with Crippen LogP contribution in [-0.4, -0.2) is 21.4 Å². The van der Waals surface area contributed by atoms with Crippen LogP contribution in [0.5, 0.6) is 0 Å². The molecule has 1 atom stereocenters. The van der Waals surface area contributed by atoms with Gasteiger partial charge < -0.3 is 10.6 Å². The van der Waals surface area contributed by atoms with Gasteiger partial charge in [-0.05, 0) is 55.8 Å². The molecular formula is C24H21ClN4O3S. The van der Waals surface area contributed by atoms with Crippen LogP contribution in [0.3, 0.4) is 0 Å². The number of halogens is 1. The molecule has 0 saturated heterocycles. The van der Waals surface area contributed by atoms with Gasteiger partial charge in [-0.15, -0.1) is 11.3 Å². The van der Waals surface area contributed by atoms with Crippen LogP contribution in [0.25, 0.3) is 21.3 Å². The molecule has 0 saturated carbocycles. The van der Waals surface area contributed by atoms with Crippen LogP contribution < -0.4 is 16.2 Å². The summed E-state index contributed by atoms with van der Waals surface area (Å²) in [5.74, 6) is -0.533. The van der Waals surface area contributed by atoms with E-state index in [2.05, 4.69) is 15.6 Å². The zero-order valence-corrected chi connectivity index (χ0v) is 19.8. The largest absolute Gasteiger partial charge is 0.326 e. The summed E-state index contributed by atoms with van der Waals surface area (Å²) in [5, 5.41) is 6.57. The Morgan fingerprint density at radius 2 is 1.64 bits per heavy atom. The Morgan fingerprint density at radius 3 is 2.24 bits per heavy atom. The van der Waals surface area contributed by atoms with Crippen molar-refractivity contribution in [2.75, 3.05) is 10.6 Å². The highest BCUT2D eigenvalue weighted by Crippen LogP contribution is 2.36. The molecule has 2 N–H and O–H groups in total. The van der Waals surface area contributed by atoms with Gasteiger partial charge in [-0.3, -0.25) is 19.0 Å². The molecule has 9 heteroatoms. The predicted molar refractivity (Wildman–Crippen MR) is 133 cm³/mol. The van der Waals surface area contributed by atoms with Crippen LogP contribution in [0.15, 0.2) is 59.7 Å². The van der Waals surface area contributed by atoms with Crippen molar-refractivity contribution in [2.24, 2.45) is 0 Å². The zero-order valence-electron chi connectivity index (χ0n) is 18.2. The van der Waals surface area contributed by atoms with Gasteiger partial charge >= 0.3 is 0 Å². The molecule has 0 aliphatic rings. The van der Waals surface area contributed by atoms with E-state index < -0.39 is 6.04 Å². The first kappa shape index (κ1) is 22.7. The fourth-order valence-corrected chi connectivity index (χ4v) is 4.70. The lowest BCUT2D eigenvalue weighted by molar-refractivity contribution is -0.119. The van der Waals surface area contributed by atoms with Crippen LogP contribution in [0.4, 0.5) is 11.4 Å². The minimum atomic E-state index is -0.789. The summed E-state index contributed by atoms with van der Waals surface area (Å²) in [4.78, 5) is 43.5. The Kier molecular flexibility index (Phi) is 6.31. The fourth-order valence-electron chi connectivity index (χ4n) is 3.57. The van der Waals surface area contributed by atoms with E-state index in [1.54, 1.807) is 43.3 Å². The highest BCUT2D eigenvalue weighted by Gasteiger charge is 2.22. The maximum absolute atomic E-state index is 13.4. The second-order valence-corrected chi connectivity index (χ2v) is 9.24. The number of fused-ring (bicyclic) bond motifs is 1. The normalized spacial score (nSPS) is 11.9. The molecule has 2 amide bonds. The third-order valence-electron chi connectivity index (χ3n) is 5.22. The van der Waals surface area contributed by atoms with Crippen molar-refractivity contribution in [3.8, 4) is 11.1 Å². The van der Waals surface area contributed by atoms with Crippen LogP contribution in [0, 0.1) is 6.92 Å². The van der Waals surface area contributed by atoms with Gasteiger partial charge in [0.1, 0.15) is 10.9 Å². The molecule has 0 bridgehead atoms. The lowest BCUT2D eigenvalue weighted by Crippen LogP contribution is -2.31. The van der Waals surface area contributed by atoms with Crippen molar-refractivity contribution in [3.63, 3.8) is 0 Å². The molecular weight excluding hydrogens is 460 g/mol. The molecule has 7 nitrogen and oxygen atoms in total. The molecule has 0 fully saturated rings. The molecule has 2 heterocycles. The summed E-state index contributed by atoms with van der Waals surface area (Å²) in [5.41, 5.74) is 2.58. The Balaban J connectivity index is 1.65. The van der Waals surface area contributed by atoms with Gasteiger partial charge in [0.05, 0.1) is 11.7 Å². The van der Waals surface area contributed by atoms with Gasteiger partial charge in [0.15, 0.2) is 0 Å². The summed E-state index contributed by atoms with van der Waals surface area (Å²) in [6.07, 6.45) is 1.41. The standard InChI is InChI=1S/C24H21ClN4O3S/c1-13(22(31)28-19-10-8-18(9-11-19)27-15(3)30)29-12-26-23-21(24(29)32)20(14(2)33-23)16-4-6-17(25)7-5-16/h4-13H,1-3H3,(H,27,30)(H,28,31). The predicted octanol–water partition coefficient (Wildman–Crippen LogP) is 5.24. The number of carbonyl (C=O) groups is 2. The first-order valence-corrected chi connectivity index (χ1v) is 11.4. The van der Waals surface area contributed by atoms with E-state index in [0.717, 1.165) is 16.0 Å². The van der Waals surface area contributed by atoms with E-state index >= 15 is 0 Å². The summed E-state index contributed by atoms with van der Waals surface area (Å²) in [6, 6.07) is 13.2. The van der Waals surface area contributed by atoms with Gasteiger partial charge in [0.25, 0.3) is 5.56 Å². The van der Waals surface area contributed by atoms with Crippen LogP contribution in [0.2, 0.25) is 5.02 Å². The first-order valence-electron chi connectivity index (χ1n) is 10.2. The number of benzene rings is 2. The SMILES string of the molecule is CC(=O)Nc1ccc(NC(=O)C(C)n2cnc3sc(C)c(-c4ccc(Cl)cc4)c3c2=O)cc1. The average molecular weight is 481 g/mol. The highest BCUT2D eigenvalue weighted by atomic mass is 35.5. The molecule has 33 heavy (non-hydrogen) atoms. The number of nitrogens with one attached hydrogen (secondary N) is 2. The Morgan fingerprint density at radius 1 is 1.03 bits per heavy atom. The van der Waals surface area contributed by atoms with E-state index in [1.165, 1.54) is 29.2 Å². The fraction of sp³-hybridized carbons (Fsp3) is 0.167. The molecule has 4 rings (SSSR count). The Labute approximate surface area is 199 Å². The van der Waals surface area contributed by atoms with Gasteiger partial charge in [-0.2, -0.15) is 0 Å². The summed E-state index contributed by atoms with van der Waals surface area (Å²) in [6.45, 7) is 5.02. The molecule has 0 spiro atoms. The van der Waals surface area contributed by atoms with Gasteiger partial charge in [0.2, 0.25) is 11.8 Å². The Hall–Kier alpha value is -3.49. The van der Waals surface area contributed by atoms with Crippen molar-refractivity contribution in [1.82, 2.24) is 9.55 Å². The maximum Gasteiger partial charge on any atom is 0.263 e. The summed E-state index contributed by atoms with van der Waals surface area (Å²) >= 11 is 7.46. The molecule has 168 valence electrons. The van der Waals surface area contributed by atoms with E-state index in [-0.39, 0.29) is 17.4 Å². The van der Waals surface area contributed by atoms with Crippen LogP contribution in [-0.2, 0) is 9.59 Å². The lowest BCUT2D eigenvalue weighted by atomic mass is 10.0. The van der Waals surface area contributed by atoms with E-state index in [4.69, 9.17) is 11.6 Å². The van der Waals surface area contributed by atoms with E-state index in [1.807, 2.05) is 19.1 Å². The van der Waals surface area contributed by atoms with Crippen molar-refractivity contribution < 1.29 is 9.59 Å². The summed E-state index contributed by atoms with van der Waals surface area (Å²) < 4.78 is 1.34. The number of thiophene rings is 1. The number of amides is 2.